The number of hydrogen-bond donors (Lipinski definition) is 1. The Labute approximate surface area is 158 Å². The molecule has 0 aliphatic carbocycles. The highest BCUT2D eigenvalue weighted by atomic mass is 35.5. The third-order valence-corrected chi connectivity index (χ3v) is 4.54. The molecule has 1 unspecified atom stereocenters. The van der Waals surface area contributed by atoms with E-state index in [-0.39, 0.29) is 6.04 Å². The summed E-state index contributed by atoms with van der Waals surface area (Å²) < 4.78 is 5.33. The minimum absolute atomic E-state index is 0.115. The van der Waals surface area contributed by atoms with Gasteiger partial charge in [0.05, 0.1) is 11.0 Å². The van der Waals surface area contributed by atoms with E-state index < -0.39 is 11.7 Å². The first-order valence-corrected chi connectivity index (χ1v) is 9.37. The van der Waals surface area contributed by atoms with E-state index >= 15 is 0 Å². The van der Waals surface area contributed by atoms with Crippen LogP contribution in [-0.2, 0) is 4.74 Å². The zero-order valence-electron chi connectivity index (χ0n) is 15.5. The smallest absolute Gasteiger partial charge is 0.407 e. The highest BCUT2D eigenvalue weighted by Gasteiger charge is 2.27. The van der Waals surface area contributed by atoms with Gasteiger partial charge in [0.15, 0.2) is 11.0 Å². The van der Waals surface area contributed by atoms with Gasteiger partial charge in [0.2, 0.25) is 0 Å². The first-order valence-electron chi connectivity index (χ1n) is 8.99. The van der Waals surface area contributed by atoms with E-state index in [2.05, 4.69) is 15.2 Å². The minimum Gasteiger partial charge on any atom is -0.444 e. The predicted molar refractivity (Wildman–Crippen MR) is 104 cm³/mol. The number of fused-ring (bicyclic) bond motifs is 1. The van der Waals surface area contributed by atoms with Gasteiger partial charge >= 0.3 is 6.09 Å². The second-order valence-corrected chi connectivity index (χ2v) is 7.91. The Bertz CT molecular complexity index is 791. The fourth-order valence-corrected chi connectivity index (χ4v) is 3.40. The van der Waals surface area contributed by atoms with Gasteiger partial charge in [-0.1, -0.05) is 23.7 Å². The van der Waals surface area contributed by atoms with Crippen molar-refractivity contribution in [1.82, 2.24) is 15.3 Å². The molecule has 1 N–H and O–H groups in total. The lowest BCUT2D eigenvalue weighted by Crippen LogP contribution is -2.48. The molecule has 0 bridgehead atoms. The molecule has 2 aromatic rings. The quantitative estimate of drug-likeness (QED) is 0.870. The van der Waals surface area contributed by atoms with Gasteiger partial charge < -0.3 is 15.0 Å². The Hall–Kier alpha value is -2.08. The van der Waals surface area contributed by atoms with Crippen LogP contribution in [0.3, 0.4) is 0 Å². The van der Waals surface area contributed by atoms with Gasteiger partial charge in [-0.15, -0.1) is 0 Å². The summed E-state index contributed by atoms with van der Waals surface area (Å²) in [6.07, 6.45) is 2.73. The number of piperidine rings is 1. The largest absolute Gasteiger partial charge is 0.444 e. The molecule has 1 aliphatic heterocycles. The van der Waals surface area contributed by atoms with Gasteiger partial charge in [-0.2, -0.15) is 0 Å². The molecule has 1 aromatic carbocycles. The van der Waals surface area contributed by atoms with E-state index in [1.165, 1.54) is 0 Å². The van der Waals surface area contributed by atoms with Crippen LogP contribution in [0.15, 0.2) is 24.3 Å². The topological polar surface area (TPSA) is 67.3 Å². The highest BCUT2D eigenvalue weighted by Crippen LogP contribution is 2.30. The number of nitrogens with zero attached hydrogens (tertiary/aromatic N) is 3. The average molecular weight is 377 g/mol. The number of anilines is 1. The molecule has 1 saturated heterocycles. The van der Waals surface area contributed by atoms with Crippen molar-refractivity contribution >= 4 is 34.5 Å². The van der Waals surface area contributed by atoms with E-state index in [1.807, 2.05) is 45.0 Å². The third-order valence-electron chi connectivity index (χ3n) is 4.29. The zero-order chi connectivity index (χ0) is 18.7. The Morgan fingerprint density at radius 2 is 1.96 bits per heavy atom. The second-order valence-electron chi connectivity index (χ2n) is 7.55. The number of aromatic nitrogens is 2. The summed E-state index contributed by atoms with van der Waals surface area (Å²) in [6, 6.07) is 7.80. The van der Waals surface area contributed by atoms with Gasteiger partial charge in [0.1, 0.15) is 5.60 Å². The fraction of sp³-hybridized carbons (Fsp3) is 0.526. The van der Waals surface area contributed by atoms with E-state index in [0.29, 0.717) is 17.5 Å². The van der Waals surface area contributed by atoms with Crippen LogP contribution in [0.5, 0.6) is 0 Å². The number of amides is 1. The average Bonchev–Trinajstić information content (AvgIpc) is 2.58. The van der Waals surface area contributed by atoms with Crippen molar-refractivity contribution in [2.45, 2.75) is 51.7 Å². The lowest BCUT2D eigenvalue weighted by molar-refractivity contribution is 0.0523. The van der Waals surface area contributed by atoms with Crippen LogP contribution in [0.25, 0.3) is 11.0 Å². The molecular formula is C19H25ClN4O2. The molecule has 1 amide bonds. The maximum Gasteiger partial charge on any atom is 0.407 e. The van der Waals surface area contributed by atoms with Crippen LogP contribution in [0.1, 0.15) is 40.0 Å². The number of nitrogens with one attached hydrogen (secondary N) is 1. The van der Waals surface area contributed by atoms with Crippen LogP contribution >= 0.6 is 11.6 Å². The maximum atomic E-state index is 12.0. The highest BCUT2D eigenvalue weighted by molar-refractivity contribution is 6.32. The van der Waals surface area contributed by atoms with Crippen molar-refractivity contribution in [1.29, 1.82) is 0 Å². The molecule has 1 atom stereocenters. The molecule has 0 radical (unpaired) electrons. The molecule has 140 valence electrons. The van der Waals surface area contributed by atoms with Gasteiger partial charge in [-0.05, 0) is 52.2 Å². The standard InChI is InChI=1S/C19H25ClN4O2/c1-19(2,3)26-18(25)21-12-13-8-6-7-11-24(13)17-16(20)22-14-9-4-5-10-15(14)23-17/h4-5,9-10,13H,6-8,11-12H2,1-3H3,(H,21,25). The summed E-state index contributed by atoms with van der Waals surface area (Å²) in [5.41, 5.74) is 1.08. The summed E-state index contributed by atoms with van der Waals surface area (Å²) in [5, 5.41) is 3.27. The summed E-state index contributed by atoms with van der Waals surface area (Å²) in [4.78, 5) is 23.3. The number of ether oxygens (including phenoxy) is 1. The SMILES string of the molecule is CC(C)(C)OC(=O)NCC1CCCCN1c1nc2ccccc2nc1Cl. The van der Waals surface area contributed by atoms with Crippen molar-refractivity contribution in [3.05, 3.63) is 29.4 Å². The lowest BCUT2D eigenvalue weighted by Gasteiger charge is -2.37. The molecule has 1 aliphatic rings. The molecule has 6 nitrogen and oxygen atoms in total. The van der Waals surface area contributed by atoms with Gasteiger partial charge in [-0.3, -0.25) is 0 Å². The Balaban J connectivity index is 1.77. The van der Waals surface area contributed by atoms with Crippen molar-refractivity contribution in [2.75, 3.05) is 18.0 Å². The number of halogens is 1. The van der Waals surface area contributed by atoms with E-state index in [0.717, 1.165) is 36.8 Å². The maximum absolute atomic E-state index is 12.0. The molecule has 3 rings (SSSR count). The number of alkyl carbamates (subject to hydrolysis) is 1. The predicted octanol–water partition coefficient (Wildman–Crippen LogP) is 4.17. The van der Waals surface area contributed by atoms with Gasteiger partial charge in [0, 0.05) is 19.1 Å². The van der Waals surface area contributed by atoms with Crippen LogP contribution < -0.4 is 10.2 Å². The molecular weight excluding hydrogens is 352 g/mol. The Morgan fingerprint density at radius 3 is 2.65 bits per heavy atom. The molecule has 1 aromatic heterocycles. The summed E-state index contributed by atoms with van der Waals surface area (Å²) in [7, 11) is 0. The van der Waals surface area contributed by atoms with Crippen molar-refractivity contribution < 1.29 is 9.53 Å². The van der Waals surface area contributed by atoms with Crippen LogP contribution in [0.2, 0.25) is 5.15 Å². The van der Waals surface area contributed by atoms with Crippen LogP contribution in [0.4, 0.5) is 10.6 Å². The second kappa shape index (κ2) is 7.66. The van der Waals surface area contributed by atoms with Crippen molar-refractivity contribution in [3.63, 3.8) is 0 Å². The van der Waals surface area contributed by atoms with E-state index in [4.69, 9.17) is 21.3 Å². The number of para-hydroxylation sites is 2. The van der Waals surface area contributed by atoms with E-state index in [9.17, 15) is 4.79 Å². The Morgan fingerprint density at radius 1 is 1.27 bits per heavy atom. The zero-order valence-corrected chi connectivity index (χ0v) is 16.2. The molecule has 2 heterocycles. The van der Waals surface area contributed by atoms with Crippen LogP contribution in [-0.4, -0.2) is 40.8 Å². The summed E-state index contributed by atoms with van der Waals surface area (Å²) in [6.45, 7) is 6.88. The first kappa shape index (κ1) is 18.7. The fourth-order valence-electron chi connectivity index (χ4n) is 3.16. The van der Waals surface area contributed by atoms with E-state index in [1.54, 1.807) is 0 Å². The number of carbonyl (C=O) groups excluding carboxylic acids is 1. The molecule has 0 spiro atoms. The van der Waals surface area contributed by atoms with Gasteiger partial charge in [-0.25, -0.2) is 14.8 Å². The number of benzene rings is 1. The number of hydrogen-bond acceptors (Lipinski definition) is 5. The molecule has 1 fully saturated rings. The van der Waals surface area contributed by atoms with Crippen molar-refractivity contribution in [3.8, 4) is 0 Å². The van der Waals surface area contributed by atoms with Crippen LogP contribution in [0, 0.1) is 0 Å². The molecule has 26 heavy (non-hydrogen) atoms. The Kier molecular flexibility index (Phi) is 5.51. The van der Waals surface area contributed by atoms with Crippen molar-refractivity contribution in [2.24, 2.45) is 0 Å². The molecule has 7 heteroatoms. The minimum atomic E-state index is -0.510. The lowest BCUT2D eigenvalue weighted by atomic mass is 10.0. The monoisotopic (exact) mass is 376 g/mol. The number of carbonyl (C=O) groups is 1. The normalized spacial score (nSPS) is 18.0. The first-order chi connectivity index (χ1) is 12.3. The third kappa shape index (κ3) is 4.55. The molecule has 0 saturated carbocycles. The number of rotatable bonds is 3. The summed E-state index contributed by atoms with van der Waals surface area (Å²) in [5.74, 6) is 0.682. The summed E-state index contributed by atoms with van der Waals surface area (Å²) >= 11 is 6.42. The van der Waals surface area contributed by atoms with Gasteiger partial charge in [0.25, 0.3) is 0 Å².